The van der Waals surface area contributed by atoms with Gasteiger partial charge in [0, 0.05) is 31.1 Å². The molecular weight excluding hydrogens is 373 g/mol. The first-order valence-corrected chi connectivity index (χ1v) is 9.57. The van der Waals surface area contributed by atoms with Crippen LogP contribution >= 0.6 is 0 Å². The van der Waals surface area contributed by atoms with Crippen LogP contribution < -0.4 is 15.5 Å². The van der Waals surface area contributed by atoms with Crippen molar-refractivity contribution >= 4 is 29.1 Å². The maximum atomic E-state index is 13.9. The Kier molecular flexibility index (Phi) is 6.26. The van der Waals surface area contributed by atoms with E-state index in [1.165, 1.54) is 17.0 Å². The summed E-state index contributed by atoms with van der Waals surface area (Å²) in [4.78, 5) is 37.7. The zero-order chi connectivity index (χ0) is 21.0. The Morgan fingerprint density at radius 3 is 2.48 bits per heavy atom. The highest BCUT2D eigenvalue weighted by molar-refractivity contribution is 6.00. The lowest BCUT2D eigenvalue weighted by Gasteiger charge is -2.17. The molecule has 1 fully saturated rings. The SMILES string of the molecule is CC(C)C(=O)Nc1ccc(CNC(=O)[C@H]2CC(=O)N(c3ccccc3F)C2)cc1. The number of hydrogen-bond donors (Lipinski definition) is 2. The van der Waals surface area contributed by atoms with Crippen LogP contribution in [-0.2, 0) is 20.9 Å². The minimum absolute atomic E-state index is 0.0559. The summed E-state index contributed by atoms with van der Waals surface area (Å²) in [6.45, 7) is 4.11. The van der Waals surface area contributed by atoms with Crippen molar-refractivity contribution in [3.63, 3.8) is 0 Å². The van der Waals surface area contributed by atoms with Crippen molar-refractivity contribution in [2.24, 2.45) is 11.8 Å². The number of hydrogen-bond acceptors (Lipinski definition) is 3. The number of carbonyl (C=O) groups excluding carboxylic acids is 3. The number of halogens is 1. The molecule has 1 aliphatic rings. The Balaban J connectivity index is 1.54. The summed E-state index contributed by atoms with van der Waals surface area (Å²) in [5.74, 6) is -1.67. The van der Waals surface area contributed by atoms with Gasteiger partial charge in [-0.3, -0.25) is 14.4 Å². The molecule has 2 aromatic carbocycles. The summed E-state index contributed by atoms with van der Waals surface area (Å²) in [6.07, 6.45) is 0.0559. The molecule has 0 unspecified atom stereocenters. The molecule has 0 radical (unpaired) electrons. The molecule has 7 heteroatoms. The van der Waals surface area contributed by atoms with Gasteiger partial charge >= 0.3 is 0 Å². The smallest absolute Gasteiger partial charge is 0.227 e. The van der Waals surface area contributed by atoms with Crippen LogP contribution in [0.3, 0.4) is 0 Å². The maximum Gasteiger partial charge on any atom is 0.227 e. The van der Waals surface area contributed by atoms with Gasteiger partial charge in [-0.2, -0.15) is 0 Å². The van der Waals surface area contributed by atoms with E-state index >= 15 is 0 Å². The minimum atomic E-state index is -0.522. The number of nitrogens with zero attached hydrogens (tertiary/aromatic N) is 1. The number of rotatable bonds is 6. The third-order valence-electron chi connectivity index (χ3n) is 4.85. The van der Waals surface area contributed by atoms with Crippen molar-refractivity contribution in [2.75, 3.05) is 16.8 Å². The second-order valence-corrected chi connectivity index (χ2v) is 7.42. The summed E-state index contributed by atoms with van der Waals surface area (Å²) in [5.41, 5.74) is 1.77. The van der Waals surface area contributed by atoms with Crippen molar-refractivity contribution in [1.82, 2.24) is 5.32 Å². The lowest BCUT2D eigenvalue weighted by molar-refractivity contribution is -0.126. The molecule has 2 aromatic rings. The summed E-state index contributed by atoms with van der Waals surface area (Å²) in [7, 11) is 0. The van der Waals surface area contributed by atoms with E-state index in [0.717, 1.165) is 5.56 Å². The van der Waals surface area contributed by atoms with E-state index in [0.29, 0.717) is 12.2 Å². The first kappa shape index (κ1) is 20.5. The normalized spacial score (nSPS) is 16.2. The Morgan fingerprint density at radius 1 is 1.14 bits per heavy atom. The van der Waals surface area contributed by atoms with E-state index < -0.39 is 11.7 Å². The average molecular weight is 397 g/mol. The zero-order valence-corrected chi connectivity index (χ0v) is 16.4. The van der Waals surface area contributed by atoms with Gasteiger partial charge in [0.05, 0.1) is 11.6 Å². The molecule has 152 valence electrons. The predicted molar refractivity (Wildman–Crippen MR) is 109 cm³/mol. The van der Waals surface area contributed by atoms with Gasteiger partial charge in [0.25, 0.3) is 0 Å². The van der Waals surface area contributed by atoms with Crippen molar-refractivity contribution in [3.8, 4) is 0 Å². The van der Waals surface area contributed by atoms with Gasteiger partial charge in [-0.1, -0.05) is 38.1 Å². The highest BCUT2D eigenvalue weighted by Crippen LogP contribution is 2.27. The van der Waals surface area contributed by atoms with Crippen molar-refractivity contribution in [3.05, 3.63) is 59.9 Å². The first-order chi connectivity index (χ1) is 13.8. The van der Waals surface area contributed by atoms with Crippen molar-refractivity contribution in [2.45, 2.75) is 26.8 Å². The van der Waals surface area contributed by atoms with Crippen LogP contribution in [0.25, 0.3) is 0 Å². The Labute approximate surface area is 169 Å². The van der Waals surface area contributed by atoms with Gasteiger partial charge in [0.2, 0.25) is 17.7 Å². The van der Waals surface area contributed by atoms with Gasteiger partial charge in [0.1, 0.15) is 5.82 Å². The van der Waals surface area contributed by atoms with Crippen LogP contribution in [0.5, 0.6) is 0 Å². The van der Waals surface area contributed by atoms with Gasteiger partial charge in [-0.05, 0) is 29.8 Å². The fourth-order valence-electron chi connectivity index (χ4n) is 3.11. The molecule has 0 aromatic heterocycles. The molecule has 29 heavy (non-hydrogen) atoms. The van der Waals surface area contributed by atoms with Gasteiger partial charge in [-0.25, -0.2) is 4.39 Å². The number of anilines is 2. The van der Waals surface area contributed by atoms with Crippen LogP contribution in [0.15, 0.2) is 48.5 Å². The summed E-state index contributed by atoms with van der Waals surface area (Å²) in [6, 6.07) is 13.2. The van der Waals surface area contributed by atoms with E-state index in [9.17, 15) is 18.8 Å². The molecule has 0 aliphatic carbocycles. The maximum absolute atomic E-state index is 13.9. The Hall–Kier alpha value is -3.22. The molecule has 6 nitrogen and oxygen atoms in total. The number of amides is 3. The third kappa shape index (κ3) is 4.99. The van der Waals surface area contributed by atoms with Crippen molar-refractivity contribution in [1.29, 1.82) is 0 Å². The quantitative estimate of drug-likeness (QED) is 0.786. The second kappa shape index (κ2) is 8.86. The van der Waals surface area contributed by atoms with Crippen LogP contribution in [0.2, 0.25) is 0 Å². The van der Waals surface area contributed by atoms with Crippen LogP contribution in [0, 0.1) is 17.7 Å². The predicted octanol–water partition coefficient (Wildman–Crippen LogP) is 3.09. The monoisotopic (exact) mass is 397 g/mol. The molecular formula is C22H24FN3O3. The highest BCUT2D eigenvalue weighted by atomic mass is 19.1. The van der Waals surface area contributed by atoms with E-state index in [1.54, 1.807) is 24.3 Å². The number of benzene rings is 2. The Bertz CT molecular complexity index is 912. The molecule has 0 saturated carbocycles. The van der Waals surface area contributed by atoms with Crippen molar-refractivity contribution < 1.29 is 18.8 Å². The minimum Gasteiger partial charge on any atom is -0.352 e. The fourth-order valence-corrected chi connectivity index (χ4v) is 3.11. The summed E-state index contributed by atoms with van der Waals surface area (Å²) >= 11 is 0. The lowest BCUT2D eigenvalue weighted by Crippen LogP contribution is -2.32. The molecule has 1 atom stereocenters. The van der Waals surface area contributed by atoms with Gasteiger partial charge in [-0.15, -0.1) is 0 Å². The van der Waals surface area contributed by atoms with Crippen LogP contribution in [0.1, 0.15) is 25.8 Å². The Morgan fingerprint density at radius 2 is 1.83 bits per heavy atom. The van der Waals surface area contributed by atoms with Gasteiger partial charge in [0.15, 0.2) is 0 Å². The molecule has 0 bridgehead atoms. The van der Waals surface area contributed by atoms with Crippen LogP contribution in [0.4, 0.5) is 15.8 Å². The summed E-state index contributed by atoms with van der Waals surface area (Å²) in [5, 5.41) is 5.64. The summed E-state index contributed by atoms with van der Waals surface area (Å²) < 4.78 is 13.9. The average Bonchev–Trinajstić information content (AvgIpc) is 3.09. The number of para-hydroxylation sites is 1. The third-order valence-corrected chi connectivity index (χ3v) is 4.85. The van der Waals surface area contributed by atoms with E-state index in [2.05, 4.69) is 10.6 Å². The largest absolute Gasteiger partial charge is 0.352 e. The fraction of sp³-hybridized carbons (Fsp3) is 0.318. The molecule has 1 heterocycles. The lowest BCUT2D eigenvalue weighted by atomic mass is 10.1. The second-order valence-electron chi connectivity index (χ2n) is 7.42. The zero-order valence-electron chi connectivity index (χ0n) is 16.4. The number of carbonyl (C=O) groups is 3. The van der Waals surface area contributed by atoms with E-state index in [1.807, 2.05) is 26.0 Å². The topological polar surface area (TPSA) is 78.5 Å². The molecule has 0 spiro atoms. The van der Waals surface area contributed by atoms with Gasteiger partial charge < -0.3 is 15.5 Å². The highest BCUT2D eigenvalue weighted by Gasteiger charge is 2.35. The molecule has 3 amide bonds. The molecule has 1 saturated heterocycles. The van der Waals surface area contributed by atoms with E-state index in [-0.39, 0.29) is 42.3 Å². The first-order valence-electron chi connectivity index (χ1n) is 9.57. The standard InChI is InChI=1S/C22H24FN3O3/c1-14(2)21(28)25-17-9-7-15(8-10-17)12-24-22(29)16-11-20(27)26(13-16)19-6-4-3-5-18(19)23/h3-10,14,16H,11-13H2,1-2H3,(H,24,29)(H,25,28)/t16-/m0/s1. The van der Waals surface area contributed by atoms with E-state index in [4.69, 9.17) is 0 Å². The molecule has 1 aliphatic heterocycles. The molecule has 3 rings (SSSR count). The van der Waals surface area contributed by atoms with Crippen LogP contribution in [-0.4, -0.2) is 24.3 Å². The number of nitrogens with one attached hydrogen (secondary N) is 2. The molecule has 2 N–H and O–H groups in total.